The third-order valence-corrected chi connectivity index (χ3v) is 33.5. The van der Waals surface area contributed by atoms with Gasteiger partial charge in [-0.15, -0.1) is 10.2 Å². The second kappa shape index (κ2) is 72.2. The minimum atomic E-state index is -2.94. The molecule has 11 aliphatic heterocycles. The third kappa shape index (κ3) is 59.2. The van der Waals surface area contributed by atoms with E-state index < -0.39 is 10.0 Å². The van der Waals surface area contributed by atoms with Crippen LogP contribution in [0.1, 0.15) is 323 Å². The average molecular weight is 1990 g/mol. The molecule has 22 heteroatoms. The van der Waals surface area contributed by atoms with E-state index in [0.29, 0.717) is 36.8 Å². The zero-order chi connectivity index (χ0) is 106. The van der Waals surface area contributed by atoms with E-state index in [4.69, 9.17) is 14.3 Å². The normalized spacial score (nSPS) is 22.9. The molecule has 0 radical (unpaired) electrons. The number of hydrogen-bond donors (Lipinski definition) is 1. The number of nitrogens with zero attached hydrogens (tertiary/aromatic N) is 14. The Morgan fingerprint density at radius 1 is 0.393 bits per heavy atom. The first kappa shape index (κ1) is 133. The maximum Gasteiger partial charge on any atom is 0.219 e. The minimum Gasteiger partial charge on any atom is -0.426 e. The summed E-state index contributed by atoms with van der Waals surface area (Å²) in [6, 6.07) is 11.9. The number of rotatable bonds is 29. The van der Waals surface area contributed by atoms with E-state index in [9.17, 15) is 18.0 Å². The van der Waals surface area contributed by atoms with Crippen LogP contribution in [0.3, 0.4) is 0 Å². The molecule has 11 saturated heterocycles. The maximum absolute atomic E-state index is 11.1. The molecule has 2 amide bonds. The molecule has 0 saturated carbocycles. The fourth-order valence-electron chi connectivity index (χ4n) is 20.6. The molecule has 7 atom stereocenters. The number of aromatic nitrogens is 2. The van der Waals surface area contributed by atoms with E-state index in [1.54, 1.807) is 25.1 Å². The Morgan fingerprint density at radius 3 is 1.18 bits per heavy atom. The minimum absolute atomic E-state index is 0.230. The zero-order valence-corrected chi connectivity index (χ0v) is 99.9. The molecular formula is C118H234N14O7S. The number of likely N-dealkylation sites (N-methyl/N-ethyl adjacent to an activating group) is 1. The number of carbonyl (C=O) groups excluding carboxylic acids is 2. The zero-order valence-electron chi connectivity index (χ0n) is 99.1. The molecule has 11 fully saturated rings. The van der Waals surface area contributed by atoms with Gasteiger partial charge in [0.25, 0.3) is 0 Å². The van der Waals surface area contributed by atoms with Crippen molar-refractivity contribution in [3.05, 3.63) is 47.7 Å². The van der Waals surface area contributed by atoms with Gasteiger partial charge in [0.05, 0.1) is 26.1 Å². The number of hydrogen-bond acceptors (Lipinski definition) is 18. The molecule has 2 aromatic rings. The SMILES string of the molecule is CC(=O)N1CCC(C(C)C)C1.CC(=O)N1CCC(C(C)C)CC1.CC(C)C(C)CN1CCN(C)CC1.CC(C)C1CCN(C(C)C)C1.CC(C)C1CCN(CCO)C1.CC(C)C1CCN(CCOCc2ccccc2)C1.CC(C)C1CCN(S(C)(=O)=O)C1.CC(C)C1CN(C(C)C)C1.CC(C)CC1CCN(C)C1.CC(C)CC1CCN(C)CC1.CC(C)CN1CC(C(C)C)C1.Cc1nnc(CC(C)C)o1. The first-order valence-corrected chi connectivity index (χ1v) is 59.3. The molecular weight excluding hydrogens is 1760 g/mol. The summed E-state index contributed by atoms with van der Waals surface area (Å²) in [5.41, 5.74) is 1.26. The van der Waals surface area contributed by atoms with Crippen LogP contribution in [0.2, 0.25) is 0 Å². The molecule has 12 heterocycles. The fourth-order valence-corrected chi connectivity index (χ4v) is 21.5. The smallest absolute Gasteiger partial charge is 0.219 e. The number of benzene rings is 1. The van der Waals surface area contributed by atoms with Crippen LogP contribution in [0.4, 0.5) is 0 Å². The van der Waals surface area contributed by atoms with Crippen molar-refractivity contribution >= 4 is 21.8 Å². The molecule has 140 heavy (non-hydrogen) atoms. The Hall–Kier alpha value is -3.23. The van der Waals surface area contributed by atoms with Crippen molar-refractivity contribution in [3.63, 3.8) is 0 Å². The van der Waals surface area contributed by atoms with E-state index in [-0.39, 0.29) is 11.8 Å². The molecule has 1 aromatic heterocycles. The van der Waals surface area contributed by atoms with Crippen LogP contribution in [0.5, 0.6) is 0 Å². The predicted molar refractivity (Wildman–Crippen MR) is 601 cm³/mol. The van der Waals surface area contributed by atoms with Gasteiger partial charge < -0.3 is 68.2 Å². The highest BCUT2D eigenvalue weighted by Crippen LogP contribution is 2.32. The number of piperazine rings is 1. The average Bonchev–Trinajstić information content (AvgIpc) is 1.62. The van der Waals surface area contributed by atoms with Crippen molar-refractivity contribution in [2.24, 2.45) is 142 Å². The molecule has 0 spiro atoms. The summed E-state index contributed by atoms with van der Waals surface area (Å²) in [5.74, 6) is 21.9. The van der Waals surface area contributed by atoms with E-state index >= 15 is 0 Å². The van der Waals surface area contributed by atoms with Crippen LogP contribution in [0.25, 0.3) is 0 Å². The standard InChI is InChI=1S/C16H25NO.C11H24N2.C10H19NO.3C10H21N.C9H17NO.C9H19NO.2C9H19N.C8H17NO2S.C7H12N2O/c1-14(2)16-8-9-17(12-16)10-11-18-13-15-6-4-3-5-7-15;1-10(2)11(3)9-13-7-5-12(4)6-8-13;1-8(2)10-4-6-11(7-5-10)9(3)12;1-8(2)5-11-6-10(7-11)9(3)4;1-8(2)10-5-6-11(7-10)9(3)4;1-9(2)8-10-4-6-11(3)7-5-10;1-7(2)9-4-5-10(6-9)8(3)11;1-8(2)9-3-4-10(7-9)5-6-11;1-7(2)9-5-10(6-9)8(3)4;1-8(2)6-9-4-5-10(3)7-9;1-7(2)8-4-5-9(6-8)12(3,10)11;1-5(2)4-7-9-8-6(3)10-7/h3-7,14,16H,8-13H2,1-2H3;10-11H,5-9H2,1-4H3;8,10H,4-7H2,1-3H3;2*8-10H,5-7H2,1-4H3;9-10H,4-8H2,1-3H3;7,9H,4-6H2,1-3H3;8-9,11H,3-7H2,1-2H3;7-9H,5-6H2,1-4H3;8-9H,4-7H2,1-3H3;7-8H,4-6H2,1-3H3;5H,4H2,1-3H3. The monoisotopic (exact) mass is 1990 g/mol. The van der Waals surface area contributed by atoms with Crippen LogP contribution in [-0.4, -0.2) is 330 Å². The van der Waals surface area contributed by atoms with Gasteiger partial charge in [-0.05, 0) is 313 Å². The van der Waals surface area contributed by atoms with E-state index in [1.807, 2.05) is 15.9 Å². The summed E-state index contributed by atoms with van der Waals surface area (Å²) in [7, 11) is 3.73. The Labute approximate surface area is 868 Å². The van der Waals surface area contributed by atoms with Gasteiger partial charge in [0.1, 0.15) is 0 Å². The molecule has 7 unspecified atom stereocenters. The second-order valence-electron chi connectivity index (χ2n) is 50.3. The van der Waals surface area contributed by atoms with Crippen molar-refractivity contribution in [2.75, 3.05) is 224 Å². The Bertz CT molecular complexity index is 3440. The lowest BCUT2D eigenvalue weighted by molar-refractivity contribution is -0.130. The van der Waals surface area contributed by atoms with Crippen molar-refractivity contribution in [1.29, 1.82) is 0 Å². The van der Waals surface area contributed by atoms with Crippen molar-refractivity contribution in [2.45, 2.75) is 338 Å². The molecule has 1 aromatic carbocycles. The topological polar surface area (TPSA) is 176 Å². The lowest BCUT2D eigenvalue weighted by Gasteiger charge is -2.44. The van der Waals surface area contributed by atoms with Crippen molar-refractivity contribution < 1.29 is 32.3 Å². The number of aliphatic hydroxyl groups is 1. The van der Waals surface area contributed by atoms with Gasteiger partial charge in [-0.3, -0.25) is 9.59 Å². The summed E-state index contributed by atoms with van der Waals surface area (Å²) in [4.78, 5) is 48.3. The van der Waals surface area contributed by atoms with Gasteiger partial charge in [0.15, 0.2) is 0 Å². The molecule has 824 valence electrons. The fraction of sp³-hybridized carbons (Fsp3) is 0.915. The highest BCUT2D eigenvalue weighted by Gasteiger charge is 2.35. The van der Waals surface area contributed by atoms with Gasteiger partial charge in [-0.25, -0.2) is 12.7 Å². The number of carbonyl (C=O) groups is 2. The summed E-state index contributed by atoms with van der Waals surface area (Å²) >= 11 is 0. The number of likely N-dealkylation sites (tertiary alicyclic amines) is 9. The molecule has 1 N–H and O–H groups in total. The van der Waals surface area contributed by atoms with Crippen LogP contribution >= 0.6 is 0 Å². The number of amides is 2. The second-order valence-corrected chi connectivity index (χ2v) is 52.3. The van der Waals surface area contributed by atoms with E-state index in [2.05, 4.69) is 314 Å². The van der Waals surface area contributed by atoms with Crippen LogP contribution < -0.4 is 0 Å². The van der Waals surface area contributed by atoms with Gasteiger partial charge in [0, 0.05) is 183 Å². The van der Waals surface area contributed by atoms with Crippen molar-refractivity contribution in [3.8, 4) is 0 Å². The lowest BCUT2D eigenvalue weighted by atomic mass is 9.87. The van der Waals surface area contributed by atoms with Gasteiger partial charge >= 0.3 is 0 Å². The highest BCUT2D eigenvalue weighted by molar-refractivity contribution is 7.88. The number of sulfonamides is 1. The number of β-amino-alcohol motifs (C(OH)–C–C–N with tert-alkyl or cyclic N) is 1. The van der Waals surface area contributed by atoms with Gasteiger partial charge in [-0.1, -0.05) is 217 Å². The Balaban J connectivity index is 0.000000518. The number of aryl methyl sites for hydroxylation is 1. The number of piperidine rings is 2. The lowest BCUT2D eigenvalue weighted by Crippen LogP contribution is -2.51. The van der Waals surface area contributed by atoms with Gasteiger partial charge in [0.2, 0.25) is 33.6 Å². The maximum atomic E-state index is 11.1. The first-order valence-electron chi connectivity index (χ1n) is 57.5. The molecule has 21 nitrogen and oxygen atoms in total. The van der Waals surface area contributed by atoms with Crippen LogP contribution in [0, 0.1) is 149 Å². The van der Waals surface area contributed by atoms with E-state index in [1.165, 1.54) is 213 Å². The summed E-state index contributed by atoms with van der Waals surface area (Å²) in [5, 5.41) is 16.3. The van der Waals surface area contributed by atoms with E-state index in [0.717, 1.165) is 214 Å². The third-order valence-electron chi connectivity index (χ3n) is 32.2. The summed E-state index contributed by atoms with van der Waals surface area (Å²) in [6.45, 7) is 111. The molecule has 0 aliphatic carbocycles. The molecule has 0 bridgehead atoms. The number of ether oxygens (including phenoxy) is 1. The summed E-state index contributed by atoms with van der Waals surface area (Å²) in [6.07, 6.45) is 18.0. The van der Waals surface area contributed by atoms with Crippen LogP contribution in [-0.2, 0) is 37.4 Å². The van der Waals surface area contributed by atoms with Crippen LogP contribution in [0.15, 0.2) is 34.7 Å². The Kier molecular flexibility index (Phi) is 68.5. The quantitative estimate of drug-likeness (QED) is 0.0761. The number of aliphatic hydroxyl groups excluding tert-OH is 1. The largest absolute Gasteiger partial charge is 0.426 e. The Morgan fingerprint density at radius 2 is 0.800 bits per heavy atom. The predicted octanol–water partition coefficient (Wildman–Crippen LogP) is 22.5. The summed E-state index contributed by atoms with van der Waals surface area (Å²) < 4.78 is 34.7. The molecule has 11 aliphatic rings. The first-order chi connectivity index (χ1) is 65.6. The van der Waals surface area contributed by atoms with Crippen molar-refractivity contribution in [1.82, 2.24) is 68.4 Å². The van der Waals surface area contributed by atoms with Gasteiger partial charge in [-0.2, -0.15) is 0 Å². The highest BCUT2D eigenvalue weighted by atomic mass is 32.2. The molecule has 13 rings (SSSR count).